The van der Waals surface area contributed by atoms with Gasteiger partial charge in [-0.3, -0.25) is 0 Å². The maximum absolute atomic E-state index is 2.54. The number of hydrogen-bond donors (Lipinski definition) is 0. The van der Waals surface area contributed by atoms with Crippen LogP contribution in [0.15, 0.2) is 23.8 Å². The number of fused-ring (bicyclic) bond motifs is 5. The van der Waals surface area contributed by atoms with E-state index < -0.39 is 0 Å². The van der Waals surface area contributed by atoms with E-state index in [1.54, 1.807) is 5.57 Å². The highest BCUT2D eigenvalue weighted by Gasteiger charge is 2.52. The van der Waals surface area contributed by atoms with Crippen LogP contribution in [0.5, 0.6) is 0 Å². The minimum Gasteiger partial charge on any atom is -0.0845 e. The summed E-state index contributed by atoms with van der Waals surface area (Å²) in [5, 5.41) is 0. The molecule has 0 N–H and O–H groups in total. The zero-order valence-corrected chi connectivity index (χ0v) is 7.88. The number of allylic oxidation sites excluding steroid dienone is 4. The highest BCUT2D eigenvalue weighted by atomic mass is 14.6. The summed E-state index contributed by atoms with van der Waals surface area (Å²) in [5.41, 5.74) is 2.16. The smallest absolute Gasteiger partial charge is 0.00749 e. The van der Waals surface area contributed by atoms with Crippen molar-refractivity contribution in [3.8, 4) is 0 Å². The van der Waals surface area contributed by atoms with Gasteiger partial charge in [-0.1, -0.05) is 30.7 Å². The molecule has 4 unspecified atom stereocenters. The molecule has 0 aliphatic heterocycles. The second-order valence-corrected chi connectivity index (χ2v) is 5.14. The predicted octanol–water partition coefficient (Wildman–Crippen LogP) is 3.16. The predicted molar refractivity (Wildman–Crippen MR) is 50.7 cm³/mol. The third-order valence-electron chi connectivity index (χ3n) is 4.19. The van der Waals surface area contributed by atoms with E-state index in [9.17, 15) is 0 Å². The zero-order valence-electron chi connectivity index (χ0n) is 7.88. The highest BCUT2D eigenvalue weighted by Crippen LogP contribution is 2.60. The van der Waals surface area contributed by atoms with Crippen LogP contribution < -0.4 is 0 Å². The van der Waals surface area contributed by atoms with Crippen LogP contribution in [0.4, 0.5) is 0 Å². The van der Waals surface area contributed by atoms with Gasteiger partial charge < -0.3 is 0 Å². The summed E-state index contributed by atoms with van der Waals surface area (Å²) in [4.78, 5) is 0. The van der Waals surface area contributed by atoms with Crippen molar-refractivity contribution in [2.24, 2.45) is 23.2 Å². The van der Waals surface area contributed by atoms with Gasteiger partial charge in [0.05, 0.1) is 0 Å². The van der Waals surface area contributed by atoms with Crippen LogP contribution in [0, 0.1) is 23.2 Å². The maximum Gasteiger partial charge on any atom is -0.00749 e. The average Bonchev–Trinajstić information content (AvgIpc) is 2.57. The lowest BCUT2D eigenvalue weighted by atomic mass is 9.77. The fourth-order valence-corrected chi connectivity index (χ4v) is 3.62. The largest absolute Gasteiger partial charge is 0.0845 e. The summed E-state index contributed by atoms with van der Waals surface area (Å²) in [6.07, 6.45) is 10.3. The first-order valence-electron chi connectivity index (χ1n) is 5.06. The van der Waals surface area contributed by atoms with Gasteiger partial charge in [0.2, 0.25) is 0 Å². The van der Waals surface area contributed by atoms with Crippen LogP contribution in [0.3, 0.4) is 0 Å². The van der Waals surface area contributed by atoms with Crippen LogP contribution >= 0.6 is 0 Å². The SMILES string of the molecule is CC1=CC2C(C1)C1C=CC2(C)C1. The van der Waals surface area contributed by atoms with Crippen molar-refractivity contribution >= 4 is 0 Å². The van der Waals surface area contributed by atoms with Gasteiger partial charge in [0.25, 0.3) is 0 Å². The molecule has 0 nitrogen and oxygen atoms in total. The Labute approximate surface area is 74.4 Å². The standard InChI is InChI=1S/C12H16/c1-8-5-10-9-3-4-12(2,7-9)11(10)6-8/h3-4,6,9-11H,5,7H2,1-2H3. The summed E-state index contributed by atoms with van der Waals surface area (Å²) in [7, 11) is 0. The molecule has 3 aliphatic carbocycles. The molecule has 0 aromatic rings. The first-order chi connectivity index (χ1) is 5.69. The van der Waals surface area contributed by atoms with E-state index in [0.29, 0.717) is 5.41 Å². The molecular formula is C12H16. The van der Waals surface area contributed by atoms with Crippen molar-refractivity contribution in [3.63, 3.8) is 0 Å². The molecule has 4 atom stereocenters. The molecule has 0 aromatic carbocycles. The summed E-state index contributed by atoms with van der Waals surface area (Å²) in [5.74, 6) is 2.76. The fraction of sp³-hybridized carbons (Fsp3) is 0.667. The van der Waals surface area contributed by atoms with Crippen molar-refractivity contribution < 1.29 is 0 Å². The molecule has 3 rings (SSSR count). The highest BCUT2D eigenvalue weighted by molar-refractivity contribution is 5.29. The van der Waals surface area contributed by atoms with Gasteiger partial charge in [-0.05, 0) is 42.9 Å². The third-order valence-corrected chi connectivity index (χ3v) is 4.19. The summed E-state index contributed by atoms with van der Waals surface area (Å²) >= 11 is 0. The zero-order chi connectivity index (χ0) is 8.34. The van der Waals surface area contributed by atoms with E-state index in [0.717, 1.165) is 17.8 Å². The average molecular weight is 160 g/mol. The lowest BCUT2D eigenvalue weighted by molar-refractivity contribution is 0.317. The number of rotatable bonds is 0. The molecule has 0 heteroatoms. The second kappa shape index (κ2) is 1.86. The normalized spacial score (nSPS) is 54.5. The van der Waals surface area contributed by atoms with Gasteiger partial charge in [0.15, 0.2) is 0 Å². The molecule has 0 saturated heterocycles. The van der Waals surface area contributed by atoms with E-state index >= 15 is 0 Å². The van der Waals surface area contributed by atoms with Gasteiger partial charge in [-0.25, -0.2) is 0 Å². The Bertz CT molecular complexity index is 284. The van der Waals surface area contributed by atoms with Gasteiger partial charge >= 0.3 is 0 Å². The second-order valence-electron chi connectivity index (χ2n) is 5.14. The maximum atomic E-state index is 2.54. The Balaban J connectivity index is 2.05. The van der Waals surface area contributed by atoms with Gasteiger partial charge in [-0.15, -0.1) is 0 Å². The fourth-order valence-electron chi connectivity index (χ4n) is 3.62. The Morgan fingerprint density at radius 2 is 2.33 bits per heavy atom. The molecular weight excluding hydrogens is 144 g/mol. The first-order valence-corrected chi connectivity index (χ1v) is 5.06. The molecule has 1 fully saturated rings. The molecule has 0 amide bonds. The van der Waals surface area contributed by atoms with E-state index in [4.69, 9.17) is 0 Å². The Hall–Kier alpha value is -0.520. The Morgan fingerprint density at radius 1 is 1.50 bits per heavy atom. The summed E-state index contributed by atoms with van der Waals surface area (Å²) in [6, 6.07) is 0. The molecule has 0 heterocycles. The third kappa shape index (κ3) is 0.646. The van der Waals surface area contributed by atoms with Crippen LogP contribution in [-0.4, -0.2) is 0 Å². The Morgan fingerprint density at radius 3 is 3.08 bits per heavy atom. The monoisotopic (exact) mass is 160 g/mol. The van der Waals surface area contributed by atoms with Crippen molar-refractivity contribution in [1.82, 2.24) is 0 Å². The van der Waals surface area contributed by atoms with Crippen molar-refractivity contribution in [1.29, 1.82) is 0 Å². The molecule has 64 valence electrons. The topological polar surface area (TPSA) is 0 Å². The van der Waals surface area contributed by atoms with Gasteiger partial charge in [0.1, 0.15) is 0 Å². The molecule has 3 aliphatic rings. The molecule has 0 aromatic heterocycles. The van der Waals surface area contributed by atoms with Crippen LogP contribution in [-0.2, 0) is 0 Å². The summed E-state index contributed by atoms with van der Waals surface area (Å²) in [6.45, 7) is 4.73. The van der Waals surface area contributed by atoms with Gasteiger partial charge in [0, 0.05) is 0 Å². The quantitative estimate of drug-likeness (QED) is 0.477. The van der Waals surface area contributed by atoms with Crippen LogP contribution in [0.2, 0.25) is 0 Å². The van der Waals surface area contributed by atoms with Crippen molar-refractivity contribution in [2.45, 2.75) is 26.7 Å². The molecule has 2 bridgehead atoms. The van der Waals surface area contributed by atoms with Crippen molar-refractivity contribution in [2.75, 3.05) is 0 Å². The minimum atomic E-state index is 0.535. The van der Waals surface area contributed by atoms with Gasteiger partial charge in [-0.2, -0.15) is 0 Å². The van der Waals surface area contributed by atoms with Crippen molar-refractivity contribution in [3.05, 3.63) is 23.8 Å². The summed E-state index contributed by atoms with van der Waals surface area (Å²) < 4.78 is 0. The van der Waals surface area contributed by atoms with Crippen LogP contribution in [0.25, 0.3) is 0 Å². The molecule has 0 radical (unpaired) electrons. The molecule has 12 heavy (non-hydrogen) atoms. The first kappa shape index (κ1) is 6.94. The molecule has 0 spiro atoms. The van der Waals surface area contributed by atoms with E-state index in [2.05, 4.69) is 32.1 Å². The van der Waals surface area contributed by atoms with E-state index in [1.165, 1.54) is 12.8 Å². The minimum absolute atomic E-state index is 0.535. The lowest BCUT2D eigenvalue weighted by Crippen LogP contribution is -2.20. The number of hydrogen-bond acceptors (Lipinski definition) is 0. The lowest BCUT2D eigenvalue weighted by Gasteiger charge is -2.27. The van der Waals surface area contributed by atoms with Crippen LogP contribution in [0.1, 0.15) is 26.7 Å². The Kier molecular flexibility index (Phi) is 1.08. The van der Waals surface area contributed by atoms with E-state index in [-0.39, 0.29) is 0 Å². The van der Waals surface area contributed by atoms with E-state index in [1.807, 2.05) is 0 Å². The molecule has 1 saturated carbocycles.